The summed E-state index contributed by atoms with van der Waals surface area (Å²) in [5.41, 5.74) is 0.685. The maximum Gasteiger partial charge on any atom is 0.315 e. The topological polar surface area (TPSA) is 70.6 Å². The first kappa shape index (κ1) is 16.6. The van der Waals surface area contributed by atoms with Gasteiger partial charge in [-0.2, -0.15) is 0 Å². The van der Waals surface area contributed by atoms with E-state index in [4.69, 9.17) is 4.74 Å². The molecule has 1 aliphatic rings. The quantitative estimate of drug-likeness (QED) is 0.755. The number of aliphatic hydroxyl groups is 1. The summed E-state index contributed by atoms with van der Waals surface area (Å²) in [6.45, 7) is 1.98. The lowest BCUT2D eigenvalue weighted by Crippen LogP contribution is -2.54. The fourth-order valence-corrected chi connectivity index (χ4v) is 3.08. The van der Waals surface area contributed by atoms with E-state index in [0.29, 0.717) is 0 Å². The molecule has 122 valence electrons. The number of nitrogens with one attached hydrogen (secondary N) is 2. The molecular formula is C17H26N2O3. The number of urea groups is 1. The Morgan fingerprint density at radius 1 is 1.41 bits per heavy atom. The summed E-state index contributed by atoms with van der Waals surface area (Å²) in [5.74, 6) is 0.819. The van der Waals surface area contributed by atoms with E-state index >= 15 is 0 Å². The lowest BCUT2D eigenvalue weighted by Gasteiger charge is -2.29. The van der Waals surface area contributed by atoms with Gasteiger partial charge in [-0.3, -0.25) is 0 Å². The standard InChI is InChI=1S/C17H26N2O3/c1-13(10-14-6-5-7-15(11-14)22-2)18-16(21)19-17(12-20)8-3-4-9-17/h5-7,11,13,20H,3-4,8-10,12H2,1-2H3,(H2,18,19,21). The van der Waals surface area contributed by atoms with Crippen LogP contribution in [0.15, 0.2) is 24.3 Å². The predicted octanol–water partition coefficient (Wildman–Crippen LogP) is 2.23. The number of hydrogen-bond acceptors (Lipinski definition) is 3. The Kier molecular flexibility index (Phi) is 5.66. The summed E-state index contributed by atoms with van der Waals surface area (Å²) in [4.78, 5) is 12.1. The molecule has 0 saturated heterocycles. The van der Waals surface area contributed by atoms with Gasteiger partial charge < -0.3 is 20.5 Å². The van der Waals surface area contributed by atoms with Crippen molar-refractivity contribution in [2.45, 2.75) is 50.6 Å². The van der Waals surface area contributed by atoms with E-state index in [-0.39, 0.29) is 18.7 Å². The van der Waals surface area contributed by atoms with Gasteiger partial charge in [-0.25, -0.2) is 4.79 Å². The summed E-state index contributed by atoms with van der Waals surface area (Å²) in [6, 6.07) is 7.64. The lowest BCUT2D eigenvalue weighted by molar-refractivity contribution is 0.162. The third kappa shape index (κ3) is 4.37. The molecule has 1 aromatic rings. The molecule has 1 atom stereocenters. The maximum atomic E-state index is 12.1. The summed E-state index contributed by atoms with van der Waals surface area (Å²) in [7, 11) is 1.64. The van der Waals surface area contributed by atoms with Crippen LogP contribution in [0.1, 0.15) is 38.2 Å². The van der Waals surface area contributed by atoms with Crippen molar-refractivity contribution in [3.8, 4) is 5.75 Å². The molecule has 5 nitrogen and oxygen atoms in total. The summed E-state index contributed by atoms with van der Waals surface area (Å²) >= 11 is 0. The van der Waals surface area contributed by atoms with Crippen molar-refractivity contribution in [1.29, 1.82) is 0 Å². The molecule has 1 fully saturated rings. The highest BCUT2D eigenvalue weighted by atomic mass is 16.5. The number of amides is 2. The van der Waals surface area contributed by atoms with Crippen LogP contribution in [0.4, 0.5) is 4.79 Å². The van der Waals surface area contributed by atoms with Crippen LogP contribution in [0, 0.1) is 0 Å². The summed E-state index contributed by atoms with van der Waals surface area (Å²) in [5, 5.41) is 15.4. The number of ether oxygens (including phenoxy) is 1. The van der Waals surface area contributed by atoms with Crippen molar-refractivity contribution in [2.24, 2.45) is 0 Å². The van der Waals surface area contributed by atoms with Gasteiger partial charge in [-0.05, 0) is 43.9 Å². The molecule has 0 aliphatic heterocycles. The summed E-state index contributed by atoms with van der Waals surface area (Å²) in [6.07, 6.45) is 4.54. The molecule has 1 unspecified atom stereocenters. The zero-order valence-corrected chi connectivity index (χ0v) is 13.4. The third-order valence-electron chi connectivity index (χ3n) is 4.30. The van der Waals surface area contributed by atoms with Crippen LogP contribution in [0.25, 0.3) is 0 Å². The number of methoxy groups -OCH3 is 1. The highest BCUT2D eigenvalue weighted by Crippen LogP contribution is 2.28. The fraction of sp³-hybridized carbons (Fsp3) is 0.588. The van der Waals surface area contributed by atoms with Crippen molar-refractivity contribution in [3.63, 3.8) is 0 Å². The molecule has 0 radical (unpaired) electrons. The van der Waals surface area contributed by atoms with Gasteiger partial charge in [0.05, 0.1) is 19.3 Å². The van der Waals surface area contributed by atoms with E-state index in [1.165, 1.54) is 0 Å². The van der Waals surface area contributed by atoms with Crippen molar-refractivity contribution in [2.75, 3.05) is 13.7 Å². The van der Waals surface area contributed by atoms with Gasteiger partial charge in [0.1, 0.15) is 5.75 Å². The van der Waals surface area contributed by atoms with Crippen LogP contribution in [0.2, 0.25) is 0 Å². The Balaban J connectivity index is 1.85. The van der Waals surface area contributed by atoms with Gasteiger partial charge >= 0.3 is 6.03 Å². The SMILES string of the molecule is COc1cccc(CC(C)NC(=O)NC2(CO)CCCC2)c1. The van der Waals surface area contributed by atoms with E-state index < -0.39 is 5.54 Å². The van der Waals surface area contributed by atoms with Crippen LogP contribution < -0.4 is 15.4 Å². The van der Waals surface area contributed by atoms with Crippen molar-refractivity contribution >= 4 is 6.03 Å². The molecule has 2 rings (SSSR count). The van der Waals surface area contributed by atoms with E-state index in [1.807, 2.05) is 31.2 Å². The number of carbonyl (C=O) groups excluding carboxylic acids is 1. The van der Waals surface area contributed by atoms with Gasteiger partial charge in [0.25, 0.3) is 0 Å². The highest BCUT2D eigenvalue weighted by Gasteiger charge is 2.34. The minimum Gasteiger partial charge on any atom is -0.497 e. The molecule has 22 heavy (non-hydrogen) atoms. The number of hydrogen-bond donors (Lipinski definition) is 3. The van der Waals surface area contributed by atoms with E-state index in [9.17, 15) is 9.90 Å². The Hall–Kier alpha value is -1.75. The second-order valence-corrected chi connectivity index (χ2v) is 6.20. The highest BCUT2D eigenvalue weighted by molar-refractivity contribution is 5.75. The monoisotopic (exact) mass is 306 g/mol. The molecule has 0 aromatic heterocycles. The smallest absolute Gasteiger partial charge is 0.315 e. The minimum atomic E-state index is -0.431. The normalized spacial score (nSPS) is 17.8. The van der Waals surface area contributed by atoms with Gasteiger partial charge in [-0.15, -0.1) is 0 Å². The van der Waals surface area contributed by atoms with Gasteiger partial charge in [0.2, 0.25) is 0 Å². The molecule has 3 N–H and O–H groups in total. The molecule has 2 amide bonds. The summed E-state index contributed by atoms with van der Waals surface area (Å²) < 4.78 is 5.21. The first-order valence-electron chi connectivity index (χ1n) is 7.89. The Morgan fingerprint density at radius 3 is 2.77 bits per heavy atom. The zero-order valence-electron chi connectivity index (χ0n) is 13.4. The Labute approximate surface area is 132 Å². The molecule has 0 spiro atoms. The molecular weight excluding hydrogens is 280 g/mol. The van der Waals surface area contributed by atoms with Crippen LogP contribution >= 0.6 is 0 Å². The predicted molar refractivity (Wildman–Crippen MR) is 86.1 cm³/mol. The Bertz CT molecular complexity index is 498. The number of carbonyl (C=O) groups is 1. The number of benzene rings is 1. The maximum absolute atomic E-state index is 12.1. The average molecular weight is 306 g/mol. The van der Waals surface area contributed by atoms with E-state index in [1.54, 1.807) is 7.11 Å². The molecule has 5 heteroatoms. The zero-order chi connectivity index (χ0) is 16.0. The lowest BCUT2D eigenvalue weighted by atomic mass is 9.99. The van der Waals surface area contributed by atoms with Gasteiger partial charge in [-0.1, -0.05) is 25.0 Å². The molecule has 1 aromatic carbocycles. The second kappa shape index (κ2) is 7.49. The third-order valence-corrected chi connectivity index (χ3v) is 4.30. The molecule has 0 heterocycles. The average Bonchev–Trinajstić information content (AvgIpc) is 2.96. The molecule has 0 bridgehead atoms. The van der Waals surface area contributed by atoms with Crippen LogP contribution in [0.3, 0.4) is 0 Å². The largest absolute Gasteiger partial charge is 0.497 e. The molecule has 1 aliphatic carbocycles. The van der Waals surface area contributed by atoms with Crippen molar-refractivity contribution in [1.82, 2.24) is 10.6 Å². The van der Waals surface area contributed by atoms with Gasteiger partial charge in [0.15, 0.2) is 0 Å². The van der Waals surface area contributed by atoms with Crippen LogP contribution in [-0.4, -0.2) is 36.4 Å². The van der Waals surface area contributed by atoms with E-state index in [2.05, 4.69) is 10.6 Å². The second-order valence-electron chi connectivity index (χ2n) is 6.20. The first-order chi connectivity index (χ1) is 10.6. The van der Waals surface area contributed by atoms with Gasteiger partial charge in [0, 0.05) is 6.04 Å². The molecule has 1 saturated carbocycles. The Morgan fingerprint density at radius 2 is 2.14 bits per heavy atom. The fourth-order valence-electron chi connectivity index (χ4n) is 3.08. The number of rotatable bonds is 6. The van der Waals surface area contributed by atoms with Crippen molar-refractivity contribution in [3.05, 3.63) is 29.8 Å². The minimum absolute atomic E-state index is 0.00394. The van der Waals surface area contributed by atoms with Crippen LogP contribution in [0.5, 0.6) is 5.75 Å². The van der Waals surface area contributed by atoms with E-state index in [0.717, 1.165) is 43.4 Å². The van der Waals surface area contributed by atoms with Crippen molar-refractivity contribution < 1.29 is 14.6 Å². The number of aliphatic hydroxyl groups excluding tert-OH is 1. The van der Waals surface area contributed by atoms with Crippen LogP contribution in [-0.2, 0) is 6.42 Å². The first-order valence-corrected chi connectivity index (χ1v) is 7.89.